The Bertz CT molecular complexity index is 512. The van der Waals surface area contributed by atoms with Gasteiger partial charge in [0, 0.05) is 25.0 Å². The first-order valence-electron chi connectivity index (χ1n) is 4.51. The van der Waals surface area contributed by atoms with Crippen LogP contribution >= 0.6 is 22.9 Å². The Hall–Kier alpha value is -1.46. The number of amides is 1. The summed E-state index contributed by atoms with van der Waals surface area (Å²) in [4.78, 5) is 20.0. The molecule has 0 radical (unpaired) electrons. The number of thiazole rings is 1. The molecule has 2 aromatic rings. The van der Waals surface area contributed by atoms with Crippen LogP contribution in [0.5, 0.6) is 0 Å². The smallest absolute Gasteiger partial charge is 0.264 e. The molecule has 4 nitrogen and oxygen atoms in total. The van der Waals surface area contributed by atoms with E-state index in [0.717, 1.165) is 5.56 Å². The van der Waals surface area contributed by atoms with Crippen molar-refractivity contribution in [1.82, 2.24) is 15.3 Å². The van der Waals surface area contributed by atoms with Gasteiger partial charge in [0.25, 0.3) is 5.91 Å². The molecule has 0 aliphatic heterocycles. The molecule has 0 aromatic carbocycles. The van der Waals surface area contributed by atoms with Crippen LogP contribution in [0.4, 0.5) is 0 Å². The molecule has 0 fully saturated rings. The third-order valence-corrected chi connectivity index (χ3v) is 3.42. The van der Waals surface area contributed by atoms with Gasteiger partial charge in [-0.05, 0) is 12.1 Å². The minimum atomic E-state index is -0.224. The van der Waals surface area contributed by atoms with Crippen molar-refractivity contribution in [2.24, 2.45) is 0 Å². The Morgan fingerprint density at radius 2 is 2.38 bits per heavy atom. The van der Waals surface area contributed by atoms with E-state index in [2.05, 4.69) is 15.3 Å². The summed E-state index contributed by atoms with van der Waals surface area (Å²) in [5.41, 5.74) is 0.851. The van der Waals surface area contributed by atoms with Crippen LogP contribution in [0.15, 0.2) is 24.5 Å². The minimum Gasteiger partial charge on any atom is -0.354 e. The topological polar surface area (TPSA) is 54.9 Å². The van der Waals surface area contributed by atoms with Gasteiger partial charge >= 0.3 is 0 Å². The van der Waals surface area contributed by atoms with Gasteiger partial charge in [0.1, 0.15) is 9.88 Å². The number of hydrogen-bond donors (Lipinski definition) is 1. The second-order valence-corrected chi connectivity index (χ2v) is 4.32. The van der Waals surface area contributed by atoms with Crippen molar-refractivity contribution in [3.05, 3.63) is 34.6 Å². The van der Waals surface area contributed by atoms with Gasteiger partial charge < -0.3 is 5.32 Å². The maximum Gasteiger partial charge on any atom is 0.264 e. The van der Waals surface area contributed by atoms with Gasteiger partial charge in [-0.15, -0.1) is 11.3 Å². The van der Waals surface area contributed by atoms with Crippen LogP contribution in [-0.2, 0) is 0 Å². The van der Waals surface area contributed by atoms with E-state index in [1.165, 1.54) is 11.3 Å². The molecule has 6 heteroatoms. The van der Waals surface area contributed by atoms with Crippen molar-refractivity contribution >= 4 is 28.8 Å². The van der Waals surface area contributed by atoms with Crippen LogP contribution in [0.3, 0.4) is 0 Å². The second kappa shape index (κ2) is 4.59. The van der Waals surface area contributed by atoms with Gasteiger partial charge in [0.2, 0.25) is 0 Å². The molecule has 0 aliphatic rings. The molecule has 0 saturated heterocycles. The molecule has 0 bridgehead atoms. The highest BCUT2D eigenvalue weighted by Crippen LogP contribution is 2.30. The standard InChI is InChI=1S/C10H8ClN3OS/c1-12-9(15)7-8(11)14-10(16-7)6-3-2-4-13-5-6/h2-5H,1H3,(H,12,15). The molecule has 0 unspecified atom stereocenters. The maximum atomic E-state index is 11.4. The normalized spacial score (nSPS) is 10.1. The monoisotopic (exact) mass is 253 g/mol. The first kappa shape index (κ1) is 11.0. The lowest BCUT2D eigenvalue weighted by atomic mass is 10.3. The Kier molecular flexibility index (Phi) is 3.17. The van der Waals surface area contributed by atoms with Crippen LogP contribution in [0.2, 0.25) is 5.15 Å². The quantitative estimate of drug-likeness (QED) is 0.893. The zero-order valence-electron chi connectivity index (χ0n) is 8.40. The van der Waals surface area contributed by atoms with Crippen molar-refractivity contribution in [1.29, 1.82) is 0 Å². The third-order valence-electron chi connectivity index (χ3n) is 1.93. The molecule has 82 valence electrons. The first-order valence-corrected chi connectivity index (χ1v) is 5.70. The lowest BCUT2D eigenvalue weighted by Gasteiger charge is -1.93. The summed E-state index contributed by atoms with van der Waals surface area (Å²) < 4.78 is 0. The molecule has 2 aromatic heterocycles. The van der Waals surface area contributed by atoms with E-state index in [9.17, 15) is 4.79 Å². The summed E-state index contributed by atoms with van der Waals surface area (Å²) in [7, 11) is 1.56. The van der Waals surface area contributed by atoms with Crippen LogP contribution in [0, 0.1) is 0 Å². The highest BCUT2D eigenvalue weighted by molar-refractivity contribution is 7.17. The minimum absolute atomic E-state index is 0.224. The largest absolute Gasteiger partial charge is 0.354 e. The Morgan fingerprint density at radius 3 is 3.00 bits per heavy atom. The highest BCUT2D eigenvalue weighted by atomic mass is 35.5. The van der Waals surface area contributed by atoms with Crippen LogP contribution in [0.25, 0.3) is 10.6 Å². The SMILES string of the molecule is CNC(=O)c1sc(-c2cccnc2)nc1Cl. The summed E-state index contributed by atoms with van der Waals surface area (Å²) in [6.45, 7) is 0. The van der Waals surface area contributed by atoms with E-state index in [4.69, 9.17) is 11.6 Å². The summed E-state index contributed by atoms with van der Waals surface area (Å²) in [5.74, 6) is -0.224. The predicted octanol–water partition coefficient (Wildman–Crippen LogP) is 2.22. The molecule has 0 spiro atoms. The lowest BCUT2D eigenvalue weighted by Crippen LogP contribution is -2.16. The van der Waals surface area contributed by atoms with Gasteiger partial charge in [-0.1, -0.05) is 11.6 Å². The van der Waals surface area contributed by atoms with Crippen molar-refractivity contribution in [3.8, 4) is 10.6 Å². The maximum absolute atomic E-state index is 11.4. The lowest BCUT2D eigenvalue weighted by molar-refractivity contribution is 0.0967. The average Bonchev–Trinajstić information content (AvgIpc) is 2.71. The van der Waals surface area contributed by atoms with Crippen LogP contribution in [-0.4, -0.2) is 22.9 Å². The fourth-order valence-corrected chi connectivity index (χ4v) is 2.40. The van der Waals surface area contributed by atoms with E-state index in [1.54, 1.807) is 19.4 Å². The van der Waals surface area contributed by atoms with E-state index in [-0.39, 0.29) is 11.1 Å². The number of carbonyl (C=O) groups excluding carboxylic acids is 1. The second-order valence-electron chi connectivity index (χ2n) is 2.96. The van der Waals surface area contributed by atoms with Gasteiger partial charge in [0.05, 0.1) is 0 Å². The molecule has 2 rings (SSSR count). The van der Waals surface area contributed by atoms with Gasteiger partial charge in [-0.3, -0.25) is 9.78 Å². The number of pyridine rings is 1. The van der Waals surface area contributed by atoms with E-state index < -0.39 is 0 Å². The van der Waals surface area contributed by atoms with Crippen LogP contribution in [0.1, 0.15) is 9.67 Å². The number of nitrogens with zero attached hydrogens (tertiary/aromatic N) is 2. The first-order chi connectivity index (χ1) is 7.72. The van der Waals surface area contributed by atoms with E-state index in [1.807, 2.05) is 12.1 Å². The summed E-state index contributed by atoms with van der Waals surface area (Å²) in [6.07, 6.45) is 3.36. The fourth-order valence-electron chi connectivity index (χ4n) is 1.17. The molecule has 0 atom stereocenters. The third kappa shape index (κ3) is 2.05. The van der Waals surface area contributed by atoms with Crippen molar-refractivity contribution in [3.63, 3.8) is 0 Å². The van der Waals surface area contributed by atoms with Gasteiger partial charge in [-0.25, -0.2) is 4.98 Å². The number of carbonyl (C=O) groups is 1. The summed E-state index contributed by atoms with van der Waals surface area (Å²) in [5, 5.41) is 3.43. The molecule has 1 amide bonds. The van der Waals surface area contributed by atoms with Gasteiger partial charge in [0.15, 0.2) is 5.15 Å². The number of aromatic nitrogens is 2. The molecule has 2 heterocycles. The Labute approximate surface area is 101 Å². The van der Waals surface area contributed by atoms with Crippen molar-refractivity contribution in [2.45, 2.75) is 0 Å². The number of halogens is 1. The number of rotatable bonds is 2. The molecular weight excluding hydrogens is 246 g/mol. The fraction of sp³-hybridized carbons (Fsp3) is 0.100. The zero-order valence-corrected chi connectivity index (χ0v) is 9.97. The predicted molar refractivity (Wildman–Crippen MR) is 63.7 cm³/mol. The average molecular weight is 254 g/mol. The number of nitrogens with one attached hydrogen (secondary N) is 1. The molecule has 0 aliphatic carbocycles. The van der Waals surface area contributed by atoms with E-state index in [0.29, 0.717) is 9.88 Å². The van der Waals surface area contributed by atoms with Crippen molar-refractivity contribution < 1.29 is 4.79 Å². The van der Waals surface area contributed by atoms with Crippen LogP contribution < -0.4 is 5.32 Å². The molecular formula is C10H8ClN3OS. The summed E-state index contributed by atoms with van der Waals surface area (Å²) >= 11 is 7.14. The Morgan fingerprint density at radius 1 is 1.56 bits per heavy atom. The van der Waals surface area contributed by atoms with Crippen molar-refractivity contribution in [2.75, 3.05) is 7.05 Å². The Balaban J connectivity index is 2.42. The van der Waals surface area contributed by atoms with E-state index >= 15 is 0 Å². The highest BCUT2D eigenvalue weighted by Gasteiger charge is 2.16. The summed E-state index contributed by atoms with van der Waals surface area (Å²) in [6, 6.07) is 3.68. The van der Waals surface area contributed by atoms with Gasteiger partial charge in [-0.2, -0.15) is 0 Å². The molecule has 0 saturated carbocycles. The molecule has 1 N–H and O–H groups in total. The number of hydrogen-bond acceptors (Lipinski definition) is 4. The zero-order chi connectivity index (χ0) is 11.5. The molecule has 16 heavy (non-hydrogen) atoms.